The fraction of sp³-hybridized carbons (Fsp3) is 0.909. The van der Waals surface area contributed by atoms with Crippen LogP contribution in [0.2, 0.25) is 0 Å². The summed E-state index contributed by atoms with van der Waals surface area (Å²) in [6, 6.07) is 0.108. The number of hydrogen-bond acceptors (Lipinski definition) is 3. The molecule has 0 aromatic rings. The van der Waals surface area contributed by atoms with Gasteiger partial charge in [-0.15, -0.1) is 0 Å². The molecule has 1 aliphatic rings. The fourth-order valence-electron chi connectivity index (χ4n) is 2.09. The second-order valence-corrected chi connectivity index (χ2v) is 5.65. The summed E-state index contributed by atoms with van der Waals surface area (Å²) < 4.78 is 35.6. The Morgan fingerprint density at radius 1 is 1.39 bits per heavy atom. The van der Waals surface area contributed by atoms with Crippen LogP contribution in [0.4, 0.5) is 13.2 Å². The number of rotatable bonds is 5. The van der Waals surface area contributed by atoms with Gasteiger partial charge in [-0.05, 0) is 25.5 Å². The van der Waals surface area contributed by atoms with Gasteiger partial charge >= 0.3 is 6.18 Å². The van der Waals surface area contributed by atoms with Gasteiger partial charge < -0.3 is 10.6 Å². The highest BCUT2D eigenvalue weighted by Gasteiger charge is 2.27. The van der Waals surface area contributed by atoms with Crippen LogP contribution in [0, 0.1) is 0 Å². The maximum Gasteiger partial charge on any atom is 0.401 e. The summed E-state index contributed by atoms with van der Waals surface area (Å²) in [5.41, 5.74) is 0. The van der Waals surface area contributed by atoms with Gasteiger partial charge in [0.15, 0.2) is 0 Å². The lowest BCUT2D eigenvalue weighted by molar-refractivity contribution is -0.128. The standard InChI is InChI=1S/C11H19F3N2OS/c1-18-9-4-2-3-8(5-9)16-10(17)6-15-7-11(12,13)14/h8-9,15H,2-7H2,1H3,(H,16,17). The smallest absolute Gasteiger partial charge is 0.352 e. The zero-order valence-corrected chi connectivity index (χ0v) is 11.2. The predicted octanol–water partition coefficient (Wildman–Crippen LogP) is 1.93. The van der Waals surface area contributed by atoms with E-state index in [-0.39, 0.29) is 18.5 Å². The Morgan fingerprint density at radius 2 is 2.11 bits per heavy atom. The first-order valence-electron chi connectivity index (χ1n) is 6.00. The van der Waals surface area contributed by atoms with Gasteiger partial charge in [-0.1, -0.05) is 6.42 Å². The molecule has 1 aliphatic carbocycles. The number of carbonyl (C=O) groups excluding carboxylic acids is 1. The van der Waals surface area contributed by atoms with E-state index in [4.69, 9.17) is 0 Å². The molecule has 1 fully saturated rings. The van der Waals surface area contributed by atoms with Gasteiger partial charge in [0, 0.05) is 11.3 Å². The molecule has 18 heavy (non-hydrogen) atoms. The number of nitrogens with one attached hydrogen (secondary N) is 2. The monoisotopic (exact) mass is 284 g/mol. The van der Waals surface area contributed by atoms with E-state index in [2.05, 4.69) is 10.6 Å². The molecule has 1 amide bonds. The number of halogens is 3. The molecule has 106 valence electrons. The molecule has 2 unspecified atom stereocenters. The van der Waals surface area contributed by atoms with Crippen molar-refractivity contribution in [3.8, 4) is 0 Å². The molecule has 0 aromatic carbocycles. The number of amides is 1. The van der Waals surface area contributed by atoms with Crippen molar-refractivity contribution in [3.63, 3.8) is 0 Å². The number of alkyl halides is 3. The van der Waals surface area contributed by atoms with Crippen LogP contribution in [0.25, 0.3) is 0 Å². The van der Waals surface area contributed by atoms with E-state index >= 15 is 0 Å². The van der Waals surface area contributed by atoms with E-state index in [1.807, 2.05) is 6.26 Å². The van der Waals surface area contributed by atoms with Gasteiger partial charge in [0.25, 0.3) is 0 Å². The highest BCUT2D eigenvalue weighted by atomic mass is 32.2. The summed E-state index contributed by atoms with van der Waals surface area (Å²) in [5.74, 6) is -0.356. The van der Waals surface area contributed by atoms with Gasteiger partial charge in [-0.25, -0.2) is 0 Å². The zero-order chi connectivity index (χ0) is 13.6. The molecule has 0 radical (unpaired) electrons. The SMILES string of the molecule is CSC1CCCC(NC(=O)CNCC(F)(F)F)C1. The lowest BCUT2D eigenvalue weighted by Crippen LogP contribution is -2.44. The van der Waals surface area contributed by atoms with Crippen molar-refractivity contribution < 1.29 is 18.0 Å². The minimum absolute atomic E-state index is 0.108. The maximum absolute atomic E-state index is 11.9. The molecule has 7 heteroatoms. The Labute approximate surface area is 109 Å². The molecule has 0 bridgehead atoms. The van der Waals surface area contributed by atoms with Crippen LogP contribution < -0.4 is 10.6 Å². The van der Waals surface area contributed by atoms with Crippen LogP contribution in [0.15, 0.2) is 0 Å². The molecular weight excluding hydrogens is 265 g/mol. The number of carbonyl (C=O) groups is 1. The summed E-state index contributed by atoms with van der Waals surface area (Å²) in [5, 5.41) is 5.43. The molecule has 1 rings (SSSR count). The molecule has 2 atom stereocenters. The van der Waals surface area contributed by atoms with Crippen LogP contribution in [-0.4, -0.2) is 42.7 Å². The molecule has 2 N–H and O–H groups in total. The third-order valence-corrected chi connectivity index (χ3v) is 4.03. The number of hydrogen-bond donors (Lipinski definition) is 2. The molecule has 0 spiro atoms. The topological polar surface area (TPSA) is 41.1 Å². The molecule has 0 saturated heterocycles. The first-order chi connectivity index (χ1) is 8.40. The maximum atomic E-state index is 11.9. The van der Waals surface area contributed by atoms with Gasteiger partial charge in [0.1, 0.15) is 0 Å². The second kappa shape index (κ2) is 7.23. The average molecular weight is 284 g/mol. The van der Waals surface area contributed by atoms with Crippen molar-refractivity contribution in [2.75, 3.05) is 19.3 Å². The van der Waals surface area contributed by atoms with E-state index in [1.54, 1.807) is 11.8 Å². The van der Waals surface area contributed by atoms with Gasteiger partial charge in [0.05, 0.1) is 13.1 Å². The zero-order valence-electron chi connectivity index (χ0n) is 10.3. The van der Waals surface area contributed by atoms with Gasteiger partial charge in [0.2, 0.25) is 5.91 Å². The minimum atomic E-state index is -4.27. The Hall–Kier alpha value is -0.430. The summed E-state index contributed by atoms with van der Waals surface area (Å²) in [6.07, 6.45) is 1.81. The van der Waals surface area contributed by atoms with Crippen molar-refractivity contribution in [1.29, 1.82) is 0 Å². The summed E-state index contributed by atoms with van der Waals surface area (Å²) >= 11 is 1.78. The van der Waals surface area contributed by atoms with E-state index in [0.717, 1.165) is 25.7 Å². The van der Waals surface area contributed by atoms with Gasteiger partial charge in [-0.3, -0.25) is 4.79 Å². The Bertz CT molecular complexity index is 274. The van der Waals surface area contributed by atoms with Gasteiger partial charge in [-0.2, -0.15) is 24.9 Å². The van der Waals surface area contributed by atoms with Crippen LogP contribution in [0.3, 0.4) is 0 Å². The minimum Gasteiger partial charge on any atom is -0.352 e. The first-order valence-corrected chi connectivity index (χ1v) is 7.29. The Balaban J connectivity index is 2.19. The molecule has 0 aliphatic heterocycles. The summed E-state index contributed by atoms with van der Waals surface area (Å²) in [6.45, 7) is -1.40. The van der Waals surface area contributed by atoms with E-state index in [0.29, 0.717) is 5.25 Å². The van der Waals surface area contributed by atoms with E-state index in [9.17, 15) is 18.0 Å². The van der Waals surface area contributed by atoms with E-state index < -0.39 is 12.7 Å². The predicted molar refractivity (Wildman–Crippen MR) is 66.6 cm³/mol. The van der Waals surface area contributed by atoms with Crippen LogP contribution in [0.1, 0.15) is 25.7 Å². The quantitative estimate of drug-likeness (QED) is 0.810. The normalized spacial score (nSPS) is 24.9. The fourth-order valence-corrected chi connectivity index (χ4v) is 2.91. The van der Waals surface area contributed by atoms with Crippen molar-refractivity contribution in [1.82, 2.24) is 10.6 Å². The lowest BCUT2D eigenvalue weighted by Gasteiger charge is -2.28. The Morgan fingerprint density at radius 3 is 2.72 bits per heavy atom. The largest absolute Gasteiger partial charge is 0.401 e. The summed E-state index contributed by atoms with van der Waals surface area (Å²) in [7, 11) is 0. The highest BCUT2D eigenvalue weighted by Crippen LogP contribution is 2.26. The molecule has 0 heterocycles. The van der Waals surface area contributed by atoms with Crippen molar-refractivity contribution >= 4 is 17.7 Å². The third-order valence-electron chi connectivity index (χ3n) is 2.94. The first kappa shape index (κ1) is 15.6. The van der Waals surface area contributed by atoms with Crippen LogP contribution in [-0.2, 0) is 4.79 Å². The van der Waals surface area contributed by atoms with Crippen molar-refractivity contribution in [3.05, 3.63) is 0 Å². The lowest BCUT2D eigenvalue weighted by atomic mass is 9.95. The second-order valence-electron chi connectivity index (χ2n) is 4.51. The molecule has 1 saturated carbocycles. The van der Waals surface area contributed by atoms with Crippen molar-refractivity contribution in [2.45, 2.75) is 43.2 Å². The Kier molecular flexibility index (Phi) is 6.28. The van der Waals surface area contributed by atoms with Crippen molar-refractivity contribution in [2.24, 2.45) is 0 Å². The highest BCUT2D eigenvalue weighted by molar-refractivity contribution is 7.99. The van der Waals surface area contributed by atoms with Crippen LogP contribution >= 0.6 is 11.8 Å². The van der Waals surface area contributed by atoms with Crippen LogP contribution in [0.5, 0.6) is 0 Å². The van der Waals surface area contributed by atoms with E-state index in [1.165, 1.54) is 0 Å². The summed E-state index contributed by atoms with van der Waals surface area (Å²) in [4.78, 5) is 11.4. The third kappa shape index (κ3) is 6.49. The average Bonchev–Trinajstić information content (AvgIpc) is 2.27. The number of thioether (sulfide) groups is 1. The molecular formula is C11H19F3N2OS. The molecule has 3 nitrogen and oxygen atoms in total. The molecule has 0 aromatic heterocycles.